The standard InChI is InChI=1S/C37H45NO12/c1-17(2)20(14-39)15-47-31-28-26-21-16-48-37(28,35(45)46-5)32(42)29(41)27(21)36(4)13-24(40)30(18(3)22(36)12-25(26)49-34(31)44)50-33(43)23(38)11-19-9-7-6-8-10-19/h6-10,14,21-23,25-29,31-32,41-42H,11-13,15-16,38H2,1-5H3/t21-,22-,23-,25+,26?,27?,28-,29+,31+,32-,36-,37-/m0/s1. The number of ether oxygens (including phenoxy) is 5. The third-order valence-corrected chi connectivity index (χ3v) is 12.0. The van der Waals surface area contributed by atoms with Gasteiger partial charge in [-0.15, -0.1) is 0 Å². The Morgan fingerprint density at radius 2 is 1.84 bits per heavy atom. The number of ketones is 1. The molecule has 3 saturated heterocycles. The molecule has 0 spiro atoms. The molecule has 2 saturated carbocycles. The summed E-state index contributed by atoms with van der Waals surface area (Å²) in [5.74, 6) is -7.11. The number of hydrogen-bond donors (Lipinski definition) is 3. The summed E-state index contributed by atoms with van der Waals surface area (Å²) in [6.07, 6.45) is -5.04. The fourth-order valence-electron chi connectivity index (χ4n) is 9.62. The zero-order chi connectivity index (χ0) is 36.3. The van der Waals surface area contributed by atoms with Crippen molar-refractivity contribution in [3.05, 3.63) is 58.4 Å². The number of aliphatic hydroxyl groups excluding tert-OH is 2. The first-order valence-electron chi connectivity index (χ1n) is 17.0. The molecule has 6 aliphatic rings. The topological polar surface area (TPSA) is 198 Å². The number of allylic oxidation sites excluding steroid dienone is 3. The molecule has 3 heterocycles. The van der Waals surface area contributed by atoms with E-state index in [0.29, 0.717) is 17.4 Å². The van der Waals surface area contributed by atoms with Crippen LogP contribution in [0.15, 0.2) is 52.8 Å². The predicted octanol–water partition coefficient (Wildman–Crippen LogP) is 1.36. The highest BCUT2D eigenvalue weighted by atomic mass is 16.6. The molecular weight excluding hydrogens is 650 g/mol. The van der Waals surface area contributed by atoms with Crippen LogP contribution in [0.2, 0.25) is 0 Å². The fourth-order valence-corrected chi connectivity index (χ4v) is 9.62. The van der Waals surface area contributed by atoms with Crippen molar-refractivity contribution in [2.45, 2.75) is 83.0 Å². The lowest BCUT2D eigenvalue weighted by Crippen LogP contribution is -2.70. The van der Waals surface area contributed by atoms with Gasteiger partial charge in [-0.25, -0.2) is 14.4 Å². The molecule has 0 radical (unpaired) electrons. The molecule has 4 bridgehead atoms. The Kier molecular flexibility index (Phi) is 9.68. The first kappa shape index (κ1) is 36.1. The van der Waals surface area contributed by atoms with E-state index in [1.807, 2.05) is 37.3 Å². The van der Waals surface area contributed by atoms with Crippen LogP contribution >= 0.6 is 0 Å². The van der Waals surface area contributed by atoms with Crippen LogP contribution in [0.3, 0.4) is 0 Å². The van der Waals surface area contributed by atoms with E-state index < -0.39 is 94.8 Å². The van der Waals surface area contributed by atoms with Crippen molar-refractivity contribution in [2.24, 2.45) is 40.7 Å². The predicted molar refractivity (Wildman–Crippen MR) is 173 cm³/mol. The Balaban J connectivity index is 1.42. The highest BCUT2D eigenvalue weighted by Crippen LogP contribution is 2.65. The summed E-state index contributed by atoms with van der Waals surface area (Å²) < 4.78 is 29.3. The monoisotopic (exact) mass is 695 g/mol. The highest BCUT2D eigenvalue weighted by Gasteiger charge is 2.76. The number of carbonyl (C=O) groups is 5. The normalized spacial score (nSPS) is 37.8. The summed E-state index contributed by atoms with van der Waals surface area (Å²) in [6, 6.07) is 8.12. The van der Waals surface area contributed by atoms with E-state index >= 15 is 0 Å². The Morgan fingerprint density at radius 1 is 1.14 bits per heavy atom. The van der Waals surface area contributed by atoms with Crippen LogP contribution in [0, 0.1) is 35.0 Å². The summed E-state index contributed by atoms with van der Waals surface area (Å²) in [6.45, 7) is 6.55. The van der Waals surface area contributed by atoms with E-state index in [1.165, 1.54) is 0 Å². The third kappa shape index (κ3) is 5.54. The van der Waals surface area contributed by atoms with Crippen molar-refractivity contribution < 1.29 is 57.9 Å². The average molecular weight is 696 g/mol. The van der Waals surface area contributed by atoms with Gasteiger partial charge in [-0.2, -0.15) is 0 Å². The number of rotatable bonds is 9. The summed E-state index contributed by atoms with van der Waals surface area (Å²) in [7, 11) is 1.12. The van der Waals surface area contributed by atoms with E-state index in [2.05, 4.69) is 0 Å². The molecule has 50 heavy (non-hydrogen) atoms. The van der Waals surface area contributed by atoms with Gasteiger partial charge in [-0.05, 0) is 67.9 Å². The van der Waals surface area contributed by atoms with Crippen molar-refractivity contribution in [1.82, 2.24) is 0 Å². The number of fused-ring (bicyclic) bond motifs is 3. The van der Waals surface area contributed by atoms with E-state index in [-0.39, 0.29) is 43.8 Å². The van der Waals surface area contributed by atoms with E-state index in [1.54, 1.807) is 20.8 Å². The number of esters is 3. The Bertz CT molecular complexity index is 1630. The molecule has 1 aromatic rings. The molecule has 12 atom stereocenters. The van der Waals surface area contributed by atoms with Gasteiger partial charge in [0.15, 0.2) is 23.2 Å². The Labute approximate surface area is 290 Å². The number of hydrogen-bond acceptors (Lipinski definition) is 13. The minimum Gasteiger partial charge on any atom is -0.467 e. The van der Waals surface area contributed by atoms with Gasteiger partial charge in [0.25, 0.3) is 0 Å². The van der Waals surface area contributed by atoms with Crippen LogP contribution in [0.4, 0.5) is 0 Å². The van der Waals surface area contributed by atoms with E-state index in [4.69, 9.17) is 29.4 Å². The molecular formula is C37H45NO12. The van der Waals surface area contributed by atoms with Crippen LogP contribution in [0.5, 0.6) is 0 Å². The summed E-state index contributed by atoms with van der Waals surface area (Å²) in [5, 5.41) is 24.1. The second-order valence-electron chi connectivity index (χ2n) is 14.8. The second kappa shape index (κ2) is 13.4. The molecule has 13 heteroatoms. The Hall–Kier alpha value is -3.75. The van der Waals surface area contributed by atoms with Crippen LogP contribution < -0.4 is 5.73 Å². The van der Waals surface area contributed by atoms with Crippen LogP contribution in [-0.4, -0.2) is 96.6 Å². The smallest absolute Gasteiger partial charge is 0.341 e. The summed E-state index contributed by atoms with van der Waals surface area (Å²) >= 11 is 0. The van der Waals surface area contributed by atoms with Crippen molar-refractivity contribution >= 4 is 30.0 Å². The SMILES string of the molecule is COC(=O)[C@@]12OC[C@H]3C4[C@@H](C[C@H]5C(C)=C(OC(=O)[C@@H](N)Cc6ccccc6)C(=O)C[C@]5(C)C3[C@@H](O)[C@@H]1O)OC(=O)[C@H](OCC(C=O)=C(C)C)[C@H]42. The molecule has 7 rings (SSSR count). The molecule has 0 amide bonds. The third-order valence-electron chi connectivity index (χ3n) is 12.0. The molecule has 1 aromatic carbocycles. The minimum atomic E-state index is -2.22. The molecule has 5 fully saturated rings. The number of nitrogens with two attached hydrogens (primary N) is 1. The van der Waals surface area contributed by atoms with E-state index in [9.17, 15) is 34.2 Å². The van der Waals surface area contributed by atoms with Crippen LogP contribution in [0.1, 0.15) is 46.1 Å². The number of aliphatic hydroxyl groups is 2. The molecule has 2 unspecified atom stereocenters. The minimum absolute atomic E-state index is 0.112. The molecule has 4 N–H and O–H groups in total. The summed E-state index contributed by atoms with van der Waals surface area (Å²) in [5.41, 5.74) is 5.12. The molecule has 13 nitrogen and oxygen atoms in total. The fraction of sp³-hybridized carbons (Fsp3) is 0.595. The maximum absolute atomic E-state index is 14.0. The summed E-state index contributed by atoms with van der Waals surface area (Å²) in [4.78, 5) is 66.6. The maximum Gasteiger partial charge on any atom is 0.341 e. The number of methoxy groups -OCH3 is 1. The van der Waals surface area contributed by atoms with E-state index in [0.717, 1.165) is 12.7 Å². The first-order valence-corrected chi connectivity index (χ1v) is 17.0. The largest absolute Gasteiger partial charge is 0.467 e. The van der Waals surface area contributed by atoms with Gasteiger partial charge in [0.05, 0.1) is 26.4 Å². The highest BCUT2D eigenvalue weighted by molar-refractivity contribution is 5.98. The lowest BCUT2D eigenvalue weighted by molar-refractivity contribution is -0.268. The average Bonchev–Trinajstić information content (AvgIpc) is 3.31. The van der Waals surface area contributed by atoms with Crippen LogP contribution in [0.25, 0.3) is 0 Å². The number of carbonyl (C=O) groups excluding carboxylic acids is 5. The number of benzene rings is 1. The first-order chi connectivity index (χ1) is 23.7. The maximum atomic E-state index is 14.0. The van der Waals surface area contributed by atoms with Crippen molar-refractivity contribution in [3.63, 3.8) is 0 Å². The number of aldehydes is 1. The zero-order valence-corrected chi connectivity index (χ0v) is 28.8. The van der Waals surface area contributed by atoms with Gasteiger partial charge in [0.1, 0.15) is 24.5 Å². The molecule has 0 aromatic heterocycles. The zero-order valence-electron chi connectivity index (χ0n) is 28.8. The van der Waals surface area contributed by atoms with Gasteiger partial charge < -0.3 is 39.6 Å². The van der Waals surface area contributed by atoms with Crippen molar-refractivity contribution in [3.8, 4) is 0 Å². The second-order valence-corrected chi connectivity index (χ2v) is 14.8. The van der Waals surface area contributed by atoms with Gasteiger partial charge >= 0.3 is 17.9 Å². The molecule has 270 valence electrons. The van der Waals surface area contributed by atoms with Crippen molar-refractivity contribution in [1.29, 1.82) is 0 Å². The van der Waals surface area contributed by atoms with Gasteiger partial charge in [0.2, 0.25) is 0 Å². The number of Topliss-reactive ketones (excluding diaryl/α,β-unsaturated/α-hetero) is 1. The van der Waals surface area contributed by atoms with Crippen molar-refractivity contribution in [2.75, 3.05) is 20.3 Å². The van der Waals surface area contributed by atoms with Crippen LogP contribution in [-0.2, 0) is 54.1 Å². The molecule has 3 aliphatic heterocycles. The molecule has 3 aliphatic carbocycles. The lowest BCUT2D eigenvalue weighted by atomic mass is 9.56. The quantitative estimate of drug-likeness (QED) is 0.145. The lowest BCUT2D eigenvalue weighted by Gasteiger charge is -2.54. The van der Waals surface area contributed by atoms with Gasteiger partial charge in [0, 0.05) is 23.8 Å². The van der Waals surface area contributed by atoms with Gasteiger partial charge in [-0.1, -0.05) is 42.8 Å². The Morgan fingerprint density at radius 3 is 2.48 bits per heavy atom. The van der Waals surface area contributed by atoms with Gasteiger partial charge in [-0.3, -0.25) is 9.59 Å².